The second-order valence-electron chi connectivity index (χ2n) is 8.21. The fourth-order valence-corrected chi connectivity index (χ4v) is 5.50. The lowest BCUT2D eigenvalue weighted by Gasteiger charge is -2.54. The first kappa shape index (κ1) is 19.5. The van der Waals surface area contributed by atoms with Crippen molar-refractivity contribution in [1.29, 1.82) is 0 Å². The summed E-state index contributed by atoms with van der Waals surface area (Å²) in [5, 5.41) is 12.1. The van der Waals surface area contributed by atoms with Gasteiger partial charge in [-0.3, -0.25) is 9.69 Å². The molecule has 2 unspecified atom stereocenters. The van der Waals surface area contributed by atoms with E-state index in [1.54, 1.807) is 17.2 Å². The summed E-state index contributed by atoms with van der Waals surface area (Å²) in [7, 11) is 0. The maximum atomic E-state index is 13.3. The maximum Gasteiger partial charge on any atom is 0.407 e. The number of piperidine rings is 1. The summed E-state index contributed by atoms with van der Waals surface area (Å²) < 4.78 is 11.6. The molecule has 2 aromatic heterocycles. The van der Waals surface area contributed by atoms with Gasteiger partial charge in [-0.15, -0.1) is 11.3 Å². The SMILES string of the molecule is O=C(c1ccc(-c2nccs2)c2oc(N3CC4CC(C3)N4C(=O)O)nc12)N1CCOCC1. The average molecular weight is 455 g/mol. The zero-order valence-corrected chi connectivity index (χ0v) is 18.0. The minimum absolute atomic E-state index is 0.0610. The van der Waals surface area contributed by atoms with Crippen LogP contribution in [-0.4, -0.2) is 88.4 Å². The van der Waals surface area contributed by atoms with Crippen molar-refractivity contribution in [2.75, 3.05) is 44.3 Å². The Morgan fingerprint density at radius 3 is 2.62 bits per heavy atom. The fourth-order valence-electron chi connectivity index (χ4n) is 4.84. The van der Waals surface area contributed by atoms with Crippen LogP contribution in [-0.2, 0) is 4.74 Å². The number of carbonyl (C=O) groups excluding carboxylic acids is 1. The number of rotatable bonds is 3. The van der Waals surface area contributed by atoms with Crippen molar-refractivity contribution in [3.8, 4) is 10.6 Å². The Labute approximate surface area is 187 Å². The highest BCUT2D eigenvalue weighted by Crippen LogP contribution is 2.38. The number of nitrogens with zero attached hydrogens (tertiary/aromatic N) is 5. The summed E-state index contributed by atoms with van der Waals surface area (Å²) >= 11 is 1.49. The Balaban J connectivity index is 1.40. The van der Waals surface area contributed by atoms with Crippen LogP contribution in [0.5, 0.6) is 0 Å². The van der Waals surface area contributed by atoms with E-state index in [-0.39, 0.29) is 18.0 Å². The van der Waals surface area contributed by atoms with Crippen LogP contribution in [0.2, 0.25) is 0 Å². The number of aromatic nitrogens is 2. The number of piperazine rings is 1. The molecule has 4 fully saturated rings. The second kappa shape index (κ2) is 7.45. The minimum Gasteiger partial charge on any atom is -0.465 e. The van der Waals surface area contributed by atoms with Gasteiger partial charge in [-0.1, -0.05) is 0 Å². The third kappa shape index (κ3) is 3.03. The molecule has 6 heterocycles. The molecule has 0 aliphatic carbocycles. The highest BCUT2D eigenvalue weighted by Gasteiger charge is 2.48. The molecule has 0 saturated carbocycles. The van der Waals surface area contributed by atoms with Gasteiger partial charge in [0, 0.05) is 37.8 Å². The van der Waals surface area contributed by atoms with Crippen LogP contribution in [0.4, 0.5) is 10.8 Å². The summed E-state index contributed by atoms with van der Waals surface area (Å²) in [4.78, 5) is 39.1. The van der Waals surface area contributed by atoms with Gasteiger partial charge in [0.1, 0.15) is 10.5 Å². The van der Waals surface area contributed by atoms with Crippen molar-refractivity contribution in [2.24, 2.45) is 0 Å². The number of hydrogen-bond donors (Lipinski definition) is 1. The van der Waals surface area contributed by atoms with Gasteiger partial charge in [0.15, 0.2) is 5.58 Å². The Hall–Kier alpha value is -3.18. The molecule has 7 rings (SSSR count). The van der Waals surface area contributed by atoms with Gasteiger partial charge in [-0.25, -0.2) is 9.78 Å². The number of thiazole rings is 1. The number of fused-ring (bicyclic) bond motifs is 3. The van der Waals surface area contributed by atoms with Crippen LogP contribution in [0.15, 0.2) is 28.1 Å². The molecule has 2 atom stereocenters. The standard InChI is InChI=1S/C21H21N5O5S/c27-19(24-4-6-30-7-5-24)14-1-2-15(18-22-3-8-32-18)17-16(14)23-20(31-17)25-10-12-9-13(11-25)26(12)21(28)29/h1-3,8,12-13H,4-7,9-11H2,(H,28,29). The number of carbonyl (C=O) groups is 2. The predicted octanol–water partition coefficient (Wildman–Crippen LogP) is 2.36. The first-order chi connectivity index (χ1) is 15.6. The predicted molar refractivity (Wildman–Crippen MR) is 116 cm³/mol. The van der Waals surface area contributed by atoms with Gasteiger partial charge >= 0.3 is 6.09 Å². The first-order valence-corrected chi connectivity index (χ1v) is 11.4. The number of benzene rings is 1. The smallest absolute Gasteiger partial charge is 0.407 e. The number of amides is 2. The number of morpholine rings is 1. The molecule has 4 aliphatic heterocycles. The van der Waals surface area contributed by atoms with Crippen LogP contribution in [0, 0.1) is 0 Å². The molecule has 0 radical (unpaired) electrons. The molecule has 1 N–H and O–H groups in total. The minimum atomic E-state index is -0.882. The lowest BCUT2D eigenvalue weighted by molar-refractivity contribution is 0.0101. The van der Waals surface area contributed by atoms with Gasteiger partial charge in [-0.2, -0.15) is 4.98 Å². The lowest BCUT2D eigenvalue weighted by Crippen LogP contribution is -2.70. The average Bonchev–Trinajstić information content (AvgIpc) is 3.49. The molecule has 2 amide bonds. The molecule has 3 aromatic rings. The summed E-state index contributed by atoms with van der Waals surface area (Å²) in [5.41, 5.74) is 2.33. The van der Waals surface area contributed by atoms with Crippen molar-refractivity contribution in [2.45, 2.75) is 18.5 Å². The largest absolute Gasteiger partial charge is 0.465 e. The quantitative estimate of drug-likeness (QED) is 0.641. The number of hydrogen-bond acceptors (Lipinski definition) is 8. The molecule has 0 spiro atoms. The van der Waals surface area contributed by atoms with Crippen LogP contribution in [0.1, 0.15) is 16.8 Å². The summed E-state index contributed by atoms with van der Waals surface area (Å²) in [6, 6.07) is 3.95. The Morgan fingerprint density at radius 1 is 1.16 bits per heavy atom. The number of carboxylic acid groups (broad SMARTS) is 1. The van der Waals surface area contributed by atoms with Crippen molar-refractivity contribution >= 4 is 40.5 Å². The van der Waals surface area contributed by atoms with E-state index < -0.39 is 6.09 Å². The van der Waals surface area contributed by atoms with E-state index >= 15 is 0 Å². The topological polar surface area (TPSA) is 112 Å². The summed E-state index contributed by atoms with van der Waals surface area (Å²) in [5.74, 6) is -0.0950. The molecule has 2 bridgehead atoms. The van der Waals surface area contributed by atoms with Crippen molar-refractivity contribution < 1.29 is 23.8 Å². The molecule has 4 saturated heterocycles. The Morgan fingerprint density at radius 2 is 1.94 bits per heavy atom. The van der Waals surface area contributed by atoms with E-state index in [1.165, 1.54) is 16.2 Å². The molecule has 1 aromatic carbocycles. The van der Waals surface area contributed by atoms with Crippen molar-refractivity contribution in [3.63, 3.8) is 0 Å². The maximum absolute atomic E-state index is 13.3. The van der Waals surface area contributed by atoms with E-state index in [0.717, 1.165) is 17.0 Å². The molecule has 10 nitrogen and oxygen atoms in total. The third-order valence-electron chi connectivity index (χ3n) is 6.41. The van der Waals surface area contributed by atoms with E-state index in [9.17, 15) is 14.7 Å². The summed E-state index contributed by atoms with van der Waals surface area (Å²) in [6.45, 7) is 3.17. The number of oxazole rings is 1. The zero-order chi connectivity index (χ0) is 21.8. The molecule has 32 heavy (non-hydrogen) atoms. The van der Waals surface area contributed by atoms with E-state index in [4.69, 9.17) is 14.1 Å². The third-order valence-corrected chi connectivity index (χ3v) is 7.21. The zero-order valence-electron chi connectivity index (χ0n) is 17.1. The van der Waals surface area contributed by atoms with Gasteiger partial charge in [0.25, 0.3) is 11.9 Å². The van der Waals surface area contributed by atoms with Crippen molar-refractivity contribution in [3.05, 3.63) is 29.3 Å². The van der Waals surface area contributed by atoms with Gasteiger partial charge < -0.3 is 24.1 Å². The Bertz CT molecular complexity index is 1180. The second-order valence-corrected chi connectivity index (χ2v) is 9.11. The Kier molecular flexibility index (Phi) is 4.54. The van der Waals surface area contributed by atoms with Crippen LogP contribution < -0.4 is 4.90 Å². The fraction of sp³-hybridized carbons (Fsp3) is 0.429. The van der Waals surface area contributed by atoms with Gasteiger partial charge in [0.05, 0.1) is 36.4 Å². The number of ether oxygens (including phenoxy) is 1. The summed E-state index contributed by atoms with van der Waals surface area (Å²) in [6.07, 6.45) is 1.70. The molecule has 166 valence electrons. The van der Waals surface area contributed by atoms with E-state index in [2.05, 4.69) is 4.98 Å². The monoisotopic (exact) mass is 455 g/mol. The normalized spacial score (nSPS) is 22.8. The van der Waals surface area contributed by atoms with E-state index in [0.29, 0.717) is 62.1 Å². The highest BCUT2D eigenvalue weighted by atomic mass is 32.1. The van der Waals surface area contributed by atoms with Gasteiger partial charge in [0.2, 0.25) is 0 Å². The molecular weight excluding hydrogens is 434 g/mol. The first-order valence-electron chi connectivity index (χ1n) is 10.6. The molecular formula is C21H21N5O5S. The molecule has 4 aliphatic rings. The van der Waals surface area contributed by atoms with Crippen LogP contribution >= 0.6 is 11.3 Å². The van der Waals surface area contributed by atoms with Crippen LogP contribution in [0.3, 0.4) is 0 Å². The van der Waals surface area contributed by atoms with Crippen LogP contribution in [0.25, 0.3) is 21.7 Å². The highest BCUT2D eigenvalue weighted by molar-refractivity contribution is 7.13. The van der Waals surface area contributed by atoms with E-state index in [1.807, 2.05) is 16.3 Å². The molecule has 11 heteroatoms. The lowest BCUT2D eigenvalue weighted by atomic mass is 9.88. The number of anilines is 1. The van der Waals surface area contributed by atoms with Crippen molar-refractivity contribution in [1.82, 2.24) is 19.8 Å². The van der Waals surface area contributed by atoms with Gasteiger partial charge in [-0.05, 0) is 18.6 Å².